The van der Waals surface area contributed by atoms with Gasteiger partial charge in [-0.1, -0.05) is 0 Å². The summed E-state index contributed by atoms with van der Waals surface area (Å²) in [5, 5.41) is 39.6. The maximum atomic E-state index is 15.0. The smallest absolute Gasteiger partial charge is 0.337 e. The molecule has 20 heteroatoms. The number of nitrogens with one attached hydrogen (secondary N) is 2. The standard InChI is InChI=1S/C34H26F2N10O8/c1-18(54-28-15-26(20(34(51)52)13-22(28)36)40-32(48)24-3-5-30(44-42-24)46-10-8-38-17-46)6-11-53-27-14-25(19(33(49)50)12-21(27)35)39-31(47)23-2-4-29(43-41-23)45-9-7-37-16-45/h2-5,7-10,12-18H,6,11H2,1H3,(H,39,47)(H,40,48)(H,49,50)(H,51,52). The number of anilines is 2. The average molecular weight is 741 g/mol. The van der Waals surface area contributed by atoms with Crippen LogP contribution in [0.3, 0.4) is 0 Å². The van der Waals surface area contributed by atoms with E-state index in [4.69, 9.17) is 9.47 Å². The van der Waals surface area contributed by atoms with Gasteiger partial charge in [-0.15, -0.1) is 20.4 Å². The second-order valence-electron chi connectivity index (χ2n) is 11.2. The monoisotopic (exact) mass is 740 g/mol. The van der Waals surface area contributed by atoms with Crippen LogP contribution in [0.2, 0.25) is 0 Å². The fourth-order valence-corrected chi connectivity index (χ4v) is 4.81. The Bertz CT molecular complexity index is 2320. The number of aromatic carboxylic acids is 2. The maximum absolute atomic E-state index is 15.0. The Morgan fingerprint density at radius 2 is 1.20 bits per heavy atom. The van der Waals surface area contributed by atoms with Gasteiger partial charge in [0.1, 0.15) is 12.7 Å². The van der Waals surface area contributed by atoms with Gasteiger partial charge in [0.25, 0.3) is 11.8 Å². The lowest BCUT2D eigenvalue weighted by Gasteiger charge is -2.18. The molecule has 0 saturated carbocycles. The molecule has 54 heavy (non-hydrogen) atoms. The van der Waals surface area contributed by atoms with E-state index in [9.17, 15) is 38.2 Å². The molecule has 0 bridgehead atoms. The highest BCUT2D eigenvalue weighted by Gasteiger charge is 2.22. The summed E-state index contributed by atoms with van der Waals surface area (Å²) in [5.74, 6) is -6.87. The number of halogens is 2. The number of nitrogens with zero attached hydrogens (tertiary/aromatic N) is 8. The lowest BCUT2D eigenvalue weighted by Crippen LogP contribution is -2.20. The third-order valence-corrected chi connectivity index (χ3v) is 7.52. The molecule has 2 aromatic carbocycles. The van der Waals surface area contributed by atoms with Crippen molar-refractivity contribution in [2.75, 3.05) is 17.2 Å². The second kappa shape index (κ2) is 15.7. The molecule has 2 amide bonds. The molecule has 4 N–H and O–H groups in total. The maximum Gasteiger partial charge on any atom is 0.337 e. The van der Waals surface area contributed by atoms with E-state index < -0.39 is 64.1 Å². The topological polar surface area (TPSA) is 238 Å². The van der Waals surface area contributed by atoms with Crippen molar-refractivity contribution in [1.29, 1.82) is 0 Å². The Balaban J connectivity index is 1.10. The third-order valence-electron chi connectivity index (χ3n) is 7.52. The summed E-state index contributed by atoms with van der Waals surface area (Å²) in [7, 11) is 0. The van der Waals surface area contributed by atoms with Crippen LogP contribution < -0.4 is 20.1 Å². The predicted octanol–water partition coefficient (Wildman–Crippen LogP) is 4.05. The normalized spacial score (nSPS) is 11.4. The van der Waals surface area contributed by atoms with Gasteiger partial charge in [0.2, 0.25) is 0 Å². The molecule has 0 saturated heterocycles. The SMILES string of the molecule is CC(CCOc1cc(NC(=O)c2ccc(-n3ccnc3)nn2)c(C(=O)O)cc1F)Oc1cc(NC(=O)c2ccc(-n3ccnc3)nn2)c(C(=O)O)cc1F. The molecule has 0 radical (unpaired) electrons. The zero-order valence-corrected chi connectivity index (χ0v) is 27.8. The number of aromatic nitrogens is 8. The van der Waals surface area contributed by atoms with Crippen LogP contribution in [-0.4, -0.2) is 86.2 Å². The number of ether oxygens (including phenoxy) is 2. The number of carbonyl (C=O) groups is 4. The third kappa shape index (κ3) is 8.28. The van der Waals surface area contributed by atoms with Gasteiger partial charge in [-0.3, -0.25) is 18.7 Å². The zero-order chi connectivity index (χ0) is 38.4. The first kappa shape index (κ1) is 36.2. The fourth-order valence-electron chi connectivity index (χ4n) is 4.81. The van der Waals surface area contributed by atoms with Crippen LogP contribution in [0.4, 0.5) is 20.2 Å². The van der Waals surface area contributed by atoms with Crippen molar-refractivity contribution >= 4 is 35.1 Å². The number of imidazole rings is 2. The largest absolute Gasteiger partial charge is 0.490 e. The van der Waals surface area contributed by atoms with E-state index in [2.05, 4.69) is 41.0 Å². The van der Waals surface area contributed by atoms with Crippen LogP contribution in [0.5, 0.6) is 11.5 Å². The number of benzene rings is 2. The summed E-state index contributed by atoms with van der Waals surface area (Å²) >= 11 is 0. The van der Waals surface area contributed by atoms with Crippen molar-refractivity contribution in [2.45, 2.75) is 19.4 Å². The van der Waals surface area contributed by atoms with Gasteiger partial charge in [0.15, 0.2) is 46.2 Å². The quantitative estimate of drug-likeness (QED) is 0.123. The first-order valence-corrected chi connectivity index (χ1v) is 15.7. The van der Waals surface area contributed by atoms with Gasteiger partial charge >= 0.3 is 11.9 Å². The predicted molar refractivity (Wildman–Crippen MR) is 181 cm³/mol. The molecule has 6 rings (SSSR count). The van der Waals surface area contributed by atoms with Crippen LogP contribution in [0.25, 0.3) is 11.6 Å². The summed E-state index contributed by atoms with van der Waals surface area (Å²) in [6, 6.07) is 9.04. The molecule has 6 aromatic rings. The highest BCUT2D eigenvalue weighted by atomic mass is 19.1. The Morgan fingerprint density at radius 3 is 1.63 bits per heavy atom. The Kier molecular flexibility index (Phi) is 10.5. The van der Waals surface area contributed by atoms with E-state index >= 15 is 0 Å². The minimum atomic E-state index is -1.53. The average Bonchev–Trinajstić information content (AvgIpc) is 3.90. The molecule has 0 aliphatic carbocycles. The van der Waals surface area contributed by atoms with Crippen LogP contribution in [0.15, 0.2) is 86.0 Å². The van der Waals surface area contributed by atoms with Crippen molar-refractivity contribution in [3.05, 3.63) is 120 Å². The van der Waals surface area contributed by atoms with Gasteiger partial charge < -0.3 is 30.3 Å². The summed E-state index contributed by atoms with van der Waals surface area (Å²) < 4.78 is 44.2. The molecule has 0 fully saturated rings. The molecule has 0 spiro atoms. The van der Waals surface area contributed by atoms with Gasteiger partial charge in [-0.05, 0) is 43.3 Å². The molecule has 274 valence electrons. The molecular weight excluding hydrogens is 714 g/mol. The Morgan fingerprint density at radius 1 is 0.722 bits per heavy atom. The van der Waals surface area contributed by atoms with Gasteiger partial charge in [-0.2, -0.15) is 0 Å². The number of amides is 2. The number of hydrogen-bond acceptors (Lipinski definition) is 12. The van der Waals surface area contributed by atoms with Crippen LogP contribution in [-0.2, 0) is 0 Å². The Labute approximate surface area is 302 Å². The molecule has 0 aliphatic rings. The van der Waals surface area contributed by atoms with E-state index in [-0.39, 0.29) is 35.8 Å². The van der Waals surface area contributed by atoms with Crippen molar-refractivity contribution in [1.82, 2.24) is 39.5 Å². The van der Waals surface area contributed by atoms with Crippen LogP contribution >= 0.6 is 0 Å². The number of carboxylic acids is 2. The molecule has 18 nitrogen and oxygen atoms in total. The van der Waals surface area contributed by atoms with Gasteiger partial charge in [-0.25, -0.2) is 28.3 Å². The van der Waals surface area contributed by atoms with E-state index in [0.717, 1.165) is 12.1 Å². The van der Waals surface area contributed by atoms with Crippen LogP contribution in [0, 0.1) is 11.6 Å². The zero-order valence-electron chi connectivity index (χ0n) is 27.8. The highest BCUT2D eigenvalue weighted by molar-refractivity contribution is 6.07. The number of carbonyl (C=O) groups excluding carboxylic acids is 2. The van der Waals surface area contributed by atoms with Crippen molar-refractivity contribution in [3.8, 4) is 23.1 Å². The highest BCUT2D eigenvalue weighted by Crippen LogP contribution is 2.30. The summed E-state index contributed by atoms with van der Waals surface area (Å²) in [6.45, 7) is 1.30. The van der Waals surface area contributed by atoms with Crippen molar-refractivity contribution in [3.63, 3.8) is 0 Å². The van der Waals surface area contributed by atoms with Gasteiger partial charge in [0.05, 0.1) is 35.2 Å². The molecule has 0 aliphatic heterocycles. The van der Waals surface area contributed by atoms with Crippen molar-refractivity contribution < 1.29 is 47.6 Å². The second-order valence-corrected chi connectivity index (χ2v) is 11.2. The molecule has 4 aromatic heterocycles. The summed E-state index contributed by atoms with van der Waals surface area (Å²) in [4.78, 5) is 57.3. The minimum absolute atomic E-state index is 0.0152. The first-order chi connectivity index (χ1) is 26.0. The van der Waals surface area contributed by atoms with E-state index in [0.29, 0.717) is 23.8 Å². The van der Waals surface area contributed by atoms with Gasteiger partial charge in [0, 0.05) is 43.3 Å². The number of hydrogen-bond donors (Lipinski definition) is 4. The lowest BCUT2D eigenvalue weighted by atomic mass is 10.1. The molecule has 4 heterocycles. The molecule has 1 atom stereocenters. The first-order valence-electron chi connectivity index (χ1n) is 15.7. The van der Waals surface area contributed by atoms with Crippen LogP contribution in [0.1, 0.15) is 55.0 Å². The van der Waals surface area contributed by atoms with E-state index in [1.807, 2.05) is 0 Å². The van der Waals surface area contributed by atoms with E-state index in [1.54, 1.807) is 21.5 Å². The van der Waals surface area contributed by atoms with Crippen molar-refractivity contribution in [2.24, 2.45) is 0 Å². The minimum Gasteiger partial charge on any atom is -0.490 e. The molecule has 1 unspecified atom stereocenters. The summed E-state index contributed by atoms with van der Waals surface area (Å²) in [5.41, 5.74) is -2.02. The summed E-state index contributed by atoms with van der Waals surface area (Å²) in [6.07, 6.45) is 8.45. The number of carboxylic acid groups (broad SMARTS) is 2. The Hall–Kier alpha value is -7.64. The van der Waals surface area contributed by atoms with E-state index in [1.165, 1.54) is 56.2 Å². The fraction of sp³-hybridized carbons (Fsp3) is 0.118. The number of rotatable bonds is 14. The molecular formula is C34H26F2N10O8. The lowest BCUT2D eigenvalue weighted by molar-refractivity contribution is 0.0686.